The van der Waals surface area contributed by atoms with Crippen LogP contribution < -0.4 is 5.32 Å². The number of nitrogens with one attached hydrogen (secondary N) is 1. The van der Waals surface area contributed by atoms with Crippen LogP contribution in [0.25, 0.3) is 10.8 Å². The zero-order valence-electron chi connectivity index (χ0n) is 13.8. The molecule has 0 saturated heterocycles. The van der Waals surface area contributed by atoms with Crippen LogP contribution in [0.4, 0.5) is 0 Å². The molecule has 2 N–H and O–H groups in total. The van der Waals surface area contributed by atoms with Crippen LogP contribution in [-0.2, 0) is 20.7 Å². The molecule has 0 aliphatic rings. The summed E-state index contributed by atoms with van der Waals surface area (Å²) in [5, 5.41) is 14.3. The molecule has 0 aliphatic carbocycles. The molecule has 128 valence electrons. The molecule has 0 aliphatic heterocycles. The Morgan fingerprint density at radius 1 is 1.17 bits per heavy atom. The Balaban J connectivity index is 2.00. The molecule has 1 unspecified atom stereocenters. The van der Waals surface area contributed by atoms with Crippen LogP contribution in [0, 0.1) is 5.92 Å². The molecule has 5 nitrogen and oxygen atoms in total. The highest BCUT2D eigenvalue weighted by molar-refractivity contribution is 5.86. The number of hydrogen-bond acceptors (Lipinski definition) is 3. The third-order valence-electron chi connectivity index (χ3n) is 3.99. The lowest BCUT2D eigenvalue weighted by Crippen LogP contribution is -2.34. The van der Waals surface area contributed by atoms with Crippen molar-refractivity contribution in [3.63, 3.8) is 0 Å². The molecule has 0 saturated carbocycles. The van der Waals surface area contributed by atoms with Gasteiger partial charge in [-0.25, -0.2) is 0 Å². The third-order valence-corrected chi connectivity index (χ3v) is 3.99. The quantitative estimate of drug-likeness (QED) is 0.694. The first-order valence-corrected chi connectivity index (χ1v) is 8.07. The second-order valence-electron chi connectivity index (χ2n) is 5.78. The number of carbonyl (C=O) groups is 2. The monoisotopic (exact) mass is 329 g/mol. The summed E-state index contributed by atoms with van der Waals surface area (Å²) < 4.78 is 4.90. The second-order valence-corrected chi connectivity index (χ2v) is 5.78. The second kappa shape index (κ2) is 9.03. The van der Waals surface area contributed by atoms with Crippen molar-refractivity contribution < 1.29 is 19.4 Å². The molecule has 2 aromatic rings. The summed E-state index contributed by atoms with van der Waals surface area (Å²) in [4.78, 5) is 23.3. The number of hydrogen-bond donors (Lipinski definition) is 2. The largest absolute Gasteiger partial charge is 0.481 e. The minimum absolute atomic E-state index is 0.129. The molecule has 24 heavy (non-hydrogen) atoms. The fourth-order valence-corrected chi connectivity index (χ4v) is 2.69. The Labute approximate surface area is 141 Å². The average Bonchev–Trinajstić information content (AvgIpc) is 2.58. The van der Waals surface area contributed by atoms with Gasteiger partial charge in [0.25, 0.3) is 0 Å². The normalized spacial score (nSPS) is 12.0. The maximum Gasteiger partial charge on any atom is 0.308 e. The summed E-state index contributed by atoms with van der Waals surface area (Å²) in [6, 6.07) is 13.8. The molecule has 1 amide bonds. The lowest BCUT2D eigenvalue weighted by atomic mass is 9.95. The van der Waals surface area contributed by atoms with E-state index < -0.39 is 11.9 Å². The summed E-state index contributed by atoms with van der Waals surface area (Å²) in [5.41, 5.74) is 0.981. The molecule has 2 rings (SSSR count). The van der Waals surface area contributed by atoms with Crippen LogP contribution in [0.3, 0.4) is 0 Å². The van der Waals surface area contributed by atoms with Crippen molar-refractivity contribution in [2.45, 2.75) is 19.3 Å². The van der Waals surface area contributed by atoms with E-state index in [4.69, 9.17) is 4.74 Å². The van der Waals surface area contributed by atoms with Crippen molar-refractivity contribution in [1.82, 2.24) is 5.32 Å². The first-order chi connectivity index (χ1) is 11.6. The van der Waals surface area contributed by atoms with E-state index in [1.807, 2.05) is 42.5 Å². The summed E-state index contributed by atoms with van der Waals surface area (Å²) in [5.74, 6) is -1.70. The zero-order valence-corrected chi connectivity index (χ0v) is 13.8. The summed E-state index contributed by atoms with van der Waals surface area (Å²) in [6.45, 7) is 0.649. The molecule has 5 heteroatoms. The summed E-state index contributed by atoms with van der Waals surface area (Å²) >= 11 is 0. The van der Waals surface area contributed by atoms with Crippen molar-refractivity contribution in [2.24, 2.45) is 5.92 Å². The molecule has 1 atom stereocenters. The van der Waals surface area contributed by atoms with Gasteiger partial charge in [-0.1, -0.05) is 42.5 Å². The summed E-state index contributed by atoms with van der Waals surface area (Å²) in [7, 11) is 1.59. The fourth-order valence-electron chi connectivity index (χ4n) is 2.69. The van der Waals surface area contributed by atoms with E-state index in [1.54, 1.807) is 7.11 Å². The van der Waals surface area contributed by atoms with Crippen molar-refractivity contribution in [1.29, 1.82) is 0 Å². The standard InChI is InChI=1S/C19H23NO4/c1-24-11-5-10-18(21)20-13-16(19(22)23)12-15-8-4-7-14-6-2-3-9-17(14)15/h2-4,6-9,16H,5,10-13H2,1H3,(H,20,21)(H,22,23). The van der Waals surface area contributed by atoms with Gasteiger partial charge in [-0.2, -0.15) is 0 Å². The number of fused-ring (bicyclic) bond motifs is 1. The van der Waals surface area contributed by atoms with Gasteiger partial charge in [0, 0.05) is 26.7 Å². The third kappa shape index (κ3) is 5.06. The van der Waals surface area contributed by atoms with Crippen LogP contribution in [0.15, 0.2) is 42.5 Å². The van der Waals surface area contributed by atoms with Crippen molar-refractivity contribution >= 4 is 22.6 Å². The first-order valence-electron chi connectivity index (χ1n) is 8.07. The van der Waals surface area contributed by atoms with E-state index in [9.17, 15) is 14.7 Å². The number of ether oxygens (including phenoxy) is 1. The number of benzene rings is 2. The molecule has 2 aromatic carbocycles. The van der Waals surface area contributed by atoms with Crippen molar-refractivity contribution in [2.75, 3.05) is 20.3 Å². The number of methoxy groups -OCH3 is 1. The predicted octanol–water partition coefficient (Wildman–Crippen LogP) is 2.63. The predicted molar refractivity (Wildman–Crippen MR) is 92.9 cm³/mol. The molecule has 0 bridgehead atoms. The molecule has 0 radical (unpaired) electrons. The number of carboxylic acids is 1. The Hall–Kier alpha value is -2.40. The van der Waals surface area contributed by atoms with Crippen molar-refractivity contribution in [3.05, 3.63) is 48.0 Å². The highest BCUT2D eigenvalue weighted by Gasteiger charge is 2.19. The van der Waals surface area contributed by atoms with Gasteiger partial charge < -0.3 is 15.2 Å². The van der Waals surface area contributed by atoms with Gasteiger partial charge in [-0.05, 0) is 29.2 Å². The van der Waals surface area contributed by atoms with Gasteiger partial charge in [0.1, 0.15) is 0 Å². The van der Waals surface area contributed by atoms with Gasteiger partial charge in [-0.15, -0.1) is 0 Å². The molecule has 0 heterocycles. The van der Waals surface area contributed by atoms with Crippen LogP contribution in [0.5, 0.6) is 0 Å². The maximum absolute atomic E-state index is 11.8. The smallest absolute Gasteiger partial charge is 0.308 e. The number of carboxylic acid groups (broad SMARTS) is 1. The number of carbonyl (C=O) groups excluding carboxylic acids is 1. The van der Waals surface area contributed by atoms with Crippen LogP contribution in [0.1, 0.15) is 18.4 Å². The minimum atomic E-state index is -0.903. The maximum atomic E-state index is 11.8. The highest BCUT2D eigenvalue weighted by Crippen LogP contribution is 2.21. The van der Waals surface area contributed by atoms with E-state index in [-0.39, 0.29) is 12.5 Å². The zero-order chi connectivity index (χ0) is 17.4. The van der Waals surface area contributed by atoms with E-state index >= 15 is 0 Å². The first kappa shape index (κ1) is 17.9. The van der Waals surface area contributed by atoms with Gasteiger partial charge in [0.2, 0.25) is 5.91 Å². The lowest BCUT2D eigenvalue weighted by molar-refractivity contribution is -0.141. The number of rotatable bonds is 9. The van der Waals surface area contributed by atoms with Crippen LogP contribution in [-0.4, -0.2) is 37.2 Å². The molecular formula is C19H23NO4. The Bertz CT molecular complexity index is 693. The van der Waals surface area contributed by atoms with Gasteiger partial charge >= 0.3 is 5.97 Å². The van der Waals surface area contributed by atoms with Crippen molar-refractivity contribution in [3.8, 4) is 0 Å². The van der Waals surface area contributed by atoms with Gasteiger partial charge in [0.05, 0.1) is 5.92 Å². The molecule has 0 aromatic heterocycles. The van der Waals surface area contributed by atoms with Crippen LogP contribution >= 0.6 is 0 Å². The fraction of sp³-hybridized carbons (Fsp3) is 0.368. The highest BCUT2D eigenvalue weighted by atomic mass is 16.5. The van der Waals surface area contributed by atoms with Crippen LogP contribution in [0.2, 0.25) is 0 Å². The topological polar surface area (TPSA) is 75.6 Å². The molecule has 0 spiro atoms. The van der Waals surface area contributed by atoms with Gasteiger partial charge in [0.15, 0.2) is 0 Å². The Morgan fingerprint density at radius 2 is 1.92 bits per heavy atom. The van der Waals surface area contributed by atoms with E-state index in [2.05, 4.69) is 5.32 Å². The van der Waals surface area contributed by atoms with E-state index in [0.29, 0.717) is 25.9 Å². The Kier molecular flexibility index (Phi) is 6.75. The molecule has 0 fully saturated rings. The van der Waals surface area contributed by atoms with E-state index in [1.165, 1.54) is 0 Å². The van der Waals surface area contributed by atoms with Gasteiger partial charge in [-0.3, -0.25) is 9.59 Å². The number of amides is 1. The Morgan fingerprint density at radius 3 is 2.67 bits per heavy atom. The van der Waals surface area contributed by atoms with E-state index in [0.717, 1.165) is 16.3 Å². The SMILES string of the molecule is COCCCC(=O)NCC(Cc1cccc2ccccc12)C(=O)O. The minimum Gasteiger partial charge on any atom is -0.481 e. The number of aliphatic carboxylic acids is 1. The average molecular weight is 329 g/mol. The molecular weight excluding hydrogens is 306 g/mol. The lowest BCUT2D eigenvalue weighted by Gasteiger charge is -2.15. The summed E-state index contributed by atoms with van der Waals surface area (Å²) in [6.07, 6.45) is 1.35.